The van der Waals surface area contributed by atoms with Crippen molar-refractivity contribution < 1.29 is 4.79 Å². The normalized spacial score (nSPS) is 23.2. The van der Waals surface area contributed by atoms with Gasteiger partial charge in [0.25, 0.3) is 5.91 Å². The van der Waals surface area contributed by atoms with Crippen molar-refractivity contribution in [1.29, 1.82) is 0 Å². The summed E-state index contributed by atoms with van der Waals surface area (Å²) in [5.41, 5.74) is 1.35. The van der Waals surface area contributed by atoms with E-state index in [1.54, 1.807) is 0 Å². The van der Waals surface area contributed by atoms with Crippen molar-refractivity contribution in [2.24, 2.45) is 11.3 Å². The van der Waals surface area contributed by atoms with Crippen molar-refractivity contribution in [2.75, 3.05) is 0 Å². The van der Waals surface area contributed by atoms with Gasteiger partial charge in [-0.1, -0.05) is 62.9 Å². The molecule has 1 aromatic heterocycles. The summed E-state index contributed by atoms with van der Waals surface area (Å²) in [6.07, 6.45) is 5.92. The van der Waals surface area contributed by atoms with Gasteiger partial charge in [0, 0.05) is 5.02 Å². The number of hydrogen-bond donors (Lipinski definition) is 1. The largest absolute Gasteiger partial charge is 0.344 e. The molecule has 0 aliphatic heterocycles. The average molecular weight is 376 g/mol. The van der Waals surface area contributed by atoms with E-state index >= 15 is 0 Å². The SMILES string of the molecule is CCC[C@@H]1C[C@@]1(CCC)C(NC(=O)c1cccs1)c1ccc(Cl)cc1. The highest BCUT2D eigenvalue weighted by Gasteiger charge is 2.57. The third-order valence-electron chi connectivity index (χ3n) is 5.43. The van der Waals surface area contributed by atoms with Crippen molar-refractivity contribution in [2.45, 2.75) is 52.0 Å². The molecule has 0 bridgehead atoms. The van der Waals surface area contributed by atoms with E-state index < -0.39 is 0 Å². The monoisotopic (exact) mass is 375 g/mol. The first kappa shape index (κ1) is 18.5. The molecule has 2 nitrogen and oxygen atoms in total. The molecule has 1 unspecified atom stereocenters. The topological polar surface area (TPSA) is 29.1 Å². The number of benzene rings is 1. The van der Waals surface area contributed by atoms with Gasteiger partial charge in [-0.15, -0.1) is 11.3 Å². The van der Waals surface area contributed by atoms with E-state index in [-0.39, 0.29) is 17.4 Å². The number of amides is 1. The number of thiophene rings is 1. The van der Waals surface area contributed by atoms with Crippen LogP contribution in [0.3, 0.4) is 0 Å². The molecule has 3 rings (SSSR count). The zero-order valence-corrected chi connectivity index (χ0v) is 16.5. The van der Waals surface area contributed by atoms with Crippen molar-refractivity contribution in [1.82, 2.24) is 5.32 Å². The van der Waals surface area contributed by atoms with Crippen molar-refractivity contribution in [3.8, 4) is 0 Å². The van der Waals surface area contributed by atoms with Crippen LogP contribution in [0.2, 0.25) is 5.02 Å². The van der Waals surface area contributed by atoms with E-state index in [4.69, 9.17) is 11.6 Å². The molecule has 1 aromatic carbocycles. The average Bonchev–Trinajstić information content (AvgIpc) is 3.04. The van der Waals surface area contributed by atoms with Gasteiger partial charge in [0.05, 0.1) is 10.9 Å². The standard InChI is InChI=1S/C21H26ClNOS/c1-3-6-16-14-21(16,12-4-2)19(15-8-10-17(22)11-9-15)23-20(24)18-7-5-13-25-18/h5,7-11,13,16,19H,3-4,6,12,14H2,1-2H3,(H,23,24)/t16-,19?,21-/m1/s1. The second-order valence-corrected chi connectivity index (χ2v) is 8.49. The number of rotatable bonds is 8. The molecule has 134 valence electrons. The number of halogens is 1. The first-order valence-electron chi connectivity index (χ1n) is 9.20. The quantitative estimate of drug-likeness (QED) is 0.562. The maximum Gasteiger partial charge on any atom is 0.261 e. The molecule has 1 aliphatic rings. The zero-order valence-electron chi connectivity index (χ0n) is 14.9. The van der Waals surface area contributed by atoms with Crippen LogP contribution in [0.4, 0.5) is 0 Å². The van der Waals surface area contributed by atoms with Crippen LogP contribution in [0.25, 0.3) is 0 Å². The molecule has 1 amide bonds. The summed E-state index contributed by atoms with van der Waals surface area (Å²) in [4.78, 5) is 13.5. The summed E-state index contributed by atoms with van der Waals surface area (Å²) in [6.45, 7) is 4.49. The van der Waals surface area contributed by atoms with E-state index in [9.17, 15) is 4.79 Å². The molecule has 25 heavy (non-hydrogen) atoms. The van der Waals surface area contributed by atoms with Gasteiger partial charge in [0.15, 0.2) is 0 Å². The van der Waals surface area contributed by atoms with Crippen molar-refractivity contribution in [3.63, 3.8) is 0 Å². The molecular formula is C21H26ClNOS. The van der Waals surface area contributed by atoms with Crippen LogP contribution < -0.4 is 5.32 Å². The Bertz CT molecular complexity index is 697. The van der Waals surface area contributed by atoms with Gasteiger partial charge < -0.3 is 5.32 Å². The lowest BCUT2D eigenvalue weighted by atomic mass is 9.83. The second kappa shape index (κ2) is 7.92. The third kappa shape index (κ3) is 3.93. The first-order chi connectivity index (χ1) is 12.1. The van der Waals surface area contributed by atoms with Crippen molar-refractivity contribution >= 4 is 28.8 Å². The van der Waals surface area contributed by atoms with Gasteiger partial charge in [0.1, 0.15) is 0 Å². The first-order valence-corrected chi connectivity index (χ1v) is 10.5. The summed E-state index contributed by atoms with van der Waals surface area (Å²) in [5.74, 6) is 0.731. The minimum absolute atomic E-state index is 0.0348. The molecule has 0 radical (unpaired) electrons. The number of hydrogen-bond acceptors (Lipinski definition) is 2. The van der Waals surface area contributed by atoms with Crippen LogP contribution >= 0.6 is 22.9 Å². The predicted octanol–water partition coefficient (Wildman–Crippen LogP) is 6.48. The fraction of sp³-hybridized carbons (Fsp3) is 0.476. The maximum atomic E-state index is 12.8. The van der Waals surface area contributed by atoms with Gasteiger partial charge >= 0.3 is 0 Å². The van der Waals surface area contributed by atoms with Crippen LogP contribution in [0.15, 0.2) is 41.8 Å². The van der Waals surface area contributed by atoms with Gasteiger partial charge in [-0.3, -0.25) is 4.79 Å². The molecule has 1 N–H and O–H groups in total. The van der Waals surface area contributed by atoms with Gasteiger partial charge in [-0.05, 0) is 53.3 Å². The number of carbonyl (C=O) groups is 1. The highest BCUT2D eigenvalue weighted by molar-refractivity contribution is 7.12. The minimum atomic E-state index is 0.0348. The second-order valence-electron chi connectivity index (χ2n) is 7.11. The van der Waals surface area contributed by atoms with E-state index in [1.807, 2.05) is 29.6 Å². The lowest BCUT2D eigenvalue weighted by molar-refractivity contribution is 0.0912. The van der Waals surface area contributed by atoms with E-state index in [0.29, 0.717) is 5.92 Å². The molecule has 3 atom stereocenters. The van der Waals surface area contributed by atoms with Crippen LogP contribution in [-0.2, 0) is 0 Å². The Morgan fingerprint density at radius 2 is 2.04 bits per heavy atom. The fourth-order valence-electron chi connectivity index (χ4n) is 4.23. The summed E-state index contributed by atoms with van der Waals surface area (Å²) in [5, 5.41) is 6.04. The molecule has 1 fully saturated rings. The van der Waals surface area contributed by atoms with Crippen LogP contribution in [0.5, 0.6) is 0 Å². The third-order valence-corrected chi connectivity index (χ3v) is 6.55. The highest BCUT2D eigenvalue weighted by Crippen LogP contribution is 2.64. The Labute approximate surface area is 159 Å². The number of nitrogens with one attached hydrogen (secondary N) is 1. The molecule has 4 heteroatoms. The van der Waals surface area contributed by atoms with E-state index in [1.165, 1.54) is 36.2 Å². The smallest absolute Gasteiger partial charge is 0.261 e. The lowest BCUT2D eigenvalue weighted by Crippen LogP contribution is -2.35. The van der Waals surface area contributed by atoms with Crippen molar-refractivity contribution in [3.05, 3.63) is 57.2 Å². The zero-order chi connectivity index (χ0) is 17.9. The van der Waals surface area contributed by atoms with E-state index in [0.717, 1.165) is 22.7 Å². The Morgan fingerprint density at radius 3 is 2.64 bits per heavy atom. The fourth-order valence-corrected chi connectivity index (χ4v) is 4.98. The highest BCUT2D eigenvalue weighted by atomic mass is 35.5. The maximum absolute atomic E-state index is 12.8. The van der Waals surface area contributed by atoms with Crippen LogP contribution in [0, 0.1) is 11.3 Å². The summed E-state index contributed by atoms with van der Waals surface area (Å²) in [6, 6.07) is 11.9. The molecular weight excluding hydrogens is 350 g/mol. The van der Waals surface area contributed by atoms with Gasteiger partial charge in [0.2, 0.25) is 0 Å². The minimum Gasteiger partial charge on any atom is -0.344 e. The Kier molecular flexibility index (Phi) is 5.85. The Hall–Kier alpha value is -1.32. The molecule has 1 heterocycles. The summed E-state index contributed by atoms with van der Waals surface area (Å²) >= 11 is 7.58. The van der Waals surface area contributed by atoms with Crippen LogP contribution in [0.1, 0.15) is 67.2 Å². The molecule has 1 saturated carbocycles. The molecule has 0 spiro atoms. The lowest BCUT2D eigenvalue weighted by Gasteiger charge is -2.30. The Morgan fingerprint density at radius 1 is 1.28 bits per heavy atom. The molecule has 2 aromatic rings. The van der Waals surface area contributed by atoms with Gasteiger partial charge in [-0.25, -0.2) is 0 Å². The number of carbonyl (C=O) groups excluding carboxylic acids is 1. The summed E-state index contributed by atoms with van der Waals surface area (Å²) < 4.78 is 0. The summed E-state index contributed by atoms with van der Waals surface area (Å²) in [7, 11) is 0. The van der Waals surface area contributed by atoms with Crippen LogP contribution in [-0.4, -0.2) is 5.91 Å². The van der Waals surface area contributed by atoms with E-state index in [2.05, 4.69) is 31.3 Å². The molecule has 0 saturated heterocycles. The Balaban J connectivity index is 1.91. The predicted molar refractivity (Wildman–Crippen MR) is 106 cm³/mol. The molecule has 1 aliphatic carbocycles. The van der Waals surface area contributed by atoms with Gasteiger partial charge in [-0.2, -0.15) is 0 Å².